The van der Waals surface area contributed by atoms with Gasteiger partial charge in [0.15, 0.2) is 5.82 Å². The Morgan fingerprint density at radius 2 is 2.15 bits per heavy atom. The number of nitrogens with zero attached hydrogens (tertiary/aromatic N) is 4. The van der Waals surface area contributed by atoms with Crippen molar-refractivity contribution in [1.29, 1.82) is 0 Å². The van der Waals surface area contributed by atoms with Gasteiger partial charge in [-0.05, 0) is 23.8 Å². The van der Waals surface area contributed by atoms with Crippen LogP contribution in [0.15, 0.2) is 41.3 Å². The molecule has 4 rings (SSSR count). The number of carbonyl (C=O) groups excluding carboxylic acids is 1. The zero-order valence-corrected chi connectivity index (χ0v) is 14.4. The van der Waals surface area contributed by atoms with E-state index in [9.17, 15) is 4.79 Å². The third-order valence-corrected chi connectivity index (χ3v) is 4.08. The molecule has 0 atom stereocenters. The van der Waals surface area contributed by atoms with Gasteiger partial charge in [-0.2, -0.15) is 0 Å². The molecular weight excluding hydrogens is 334 g/mol. The third kappa shape index (κ3) is 2.97. The zero-order chi connectivity index (χ0) is 18.1. The minimum Gasteiger partial charge on any atom is -0.493 e. The second-order valence-electron chi connectivity index (χ2n) is 6.11. The molecule has 2 aromatic heterocycles. The summed E-state index contributed by atoms with van der Waals surface area (Å²) in [6, 6.07) is 7.44. The van der Waals surface area contributed by atoms with Crippen molar-refractivity contribution in [2.45, 2.75) is 6.42 Å². The molecule has 0 saturated carbocycles. The molecular formula is C18H17N5O3. The van der Waals surface area contributed by atoms with Crippen molar-refractivity contribution in [1.82, 2.24) is 15.1 Å². The first-order valence-electron chi connectivity index (χ1n) is 8.13. The second kappa shape index (κ2) is 6.47. The fourth-order valence-electron chi connectivity index (χ4n) is 2.82. The van der Waals surface area contributed by atoms with Gasteiger partial charge in [0.25, 0.3) is 5.91 Å². The van der Waals surface area contributed by atoms with Gasteiger partial charge in [-0.3, -0.25) is 4.79 Å². The molecule has 8 heteroatoms. The standard InChI is InChI=1S/C18H17N5O3/c1-23(2)17-14(9-19-10-20-17)21-18(24)16-8-13(22-26-16)11-3-4-15-12(7-11)5-6-25-15/h3-4,7-10H,5-6H2,1-2H3,(H,21,24). The Morgan fingerprint density at radius 3 is 3.00 bits per heavy atom. The summed E-state index contributed by atoms with van der Waals surface area (Å²) < 4.78 is 10.7. The summed E-state index contributed by atoms with van der Waals surface area (Å²) in [6.07, 6.45) is 3.84. The van der Waals surface area contributed by atoms with Crippen LogP contribution in [0.1, 0.15) is 16.1 Å². The molecule has 0 aliphatic carbocycles. The maximum absolute atomic E-state index is 12.5. The van der Waals surface area contributed by atoms with Crippen LogP contribution >= 0.6 is 0 Å². The van der Waals surface area contributed by atoms with E-state index in [0.29, 0.717) is 23.8 Å². The number of carbonyl (C=O) groups is 1. The number of hydrogen-bond donors (Lipinski definition) is 1. The molecule has 3 aromatic rings. The summed E-state index contributed by atoms with van der Waals surface area (Å²) in [6.45, 7) is 0.693. The Morgan fingerprint density at radius 1 is 1.27 bits per heavy atom. The second-order valence-corrected chi connectivity index (χ2v) is 6.11. The number of nitrogens with one attached hydrogen (secondary N) is 1. The Hall–Kier alpha value is -3.42. The summed E-state index contributed by atoms with van der Waals surface area (Å²) in [5, 5.41) is 6.77. The maximum atomic E-state index is 12.5. The SMILES string of the molecule is CN(C)c1ncncc1NC(=O)c1cc(-c2ccc3c(c2)CCO3)no1. The predicted octanol–water partition coefficient (Wildman–Crippen LogP) is 2.38. The van der Waals surface area contributed by atoms with E-state index in [1.807, 2.05) is 32.3 Å². The molecule has 132 valence electrons. The molecule has 0 radical (unpaired) electrons. The lowest BCUT2D eigenvalue weighted by atomic mass is 10.1. The Kier molecular flexibility index (Phi) is 4.00. The van der Waals surface area contributed by atoms with Crippen molar-refractivity contribution >= 4 is 17.4 Å². The van der Waals surface area contributed by atoms with Crippen LogP contribution in [0.5, 0.6) is 5.75 Å². The van der Waals surface area contributed by atoms with Gasteiger partial charge >= 0.3 is 0 Å². The quantitative estimate of drug-likeness (QED) is 0.771. The Labute approximate surface area is 149 Å². The lowest BCUT2D eigenvalue weighted by Gasteiger charge is -2.14. The Bertz CT molecular complexity index is 967. The van der Waals surface area contributed by atoms with Crippen molar-refractivity contribution in [3.63, 3.8) is 0 Å². The van der Waals surface area contributed by atoms with Crippen molar-refractivity contribution in [3.05, 3.63) is 48.1 Å². The summed E-state index contributed by atoms with van der Waals surface area (Å²) >= 11 is 0. The smallest absolute Gasteiger partial charge is 0.294 e. The fraction of sp³-hybridized carbons (Fsp3) is 0.222. The van der Waals surface area contributed by atoms with Gasteiger partial charge < -0.3 is 19.5 Å². The Balaban J connectivity index is 1.56. The van der Waals surface area contributed by atoms with Crippen LogP contribution in [0.3, 0.4) is 0 Å². The third-order valence-electron chi connectivity index (χ3n) is 4.08. The minimum atomic E-state index is -0.411. The van der Waals surface area contributed by atoms with Gasteiger partial charge in [0.1, 0.15) is 23.5 Å². The molecule has 1 N–H and O–H groups in total. The molecule has 8 nitrogen and oxygen atoms in total. The molecule has 0 spiro atoms. The fourth-order valence-corrected chi connectivity index (χ4v) is 2.82. The molecule has 1 aromatic carbocycles. The van der Waals surface area contributed by atoms with Crippen LogP contribution in [-0.2, 0) is 6.42 Å². The predicted molar refractivity (Wildman–Crippen MR) is 95.5 cm³/mol. The van der Waals surface area contributed by atoms with Crippen molar-refractivity contribution in [2.24, 2.45) is 0 Å². The normalized spacial score (nSPS) is 12.4. The molecule has 1 aliphatic rings. The van der Waals surface area contributed by atoms with E-state index in [4.69, 9.17) is 9.26 Å². The van der Waals surface area contributed by atoms with Crippen molar-refractivity contribution < 1.29 is 14.1 Å². The topological polar surface area (TPSA) is 93.4 Å². The van der Waals surface area contributed by atoms with Crippen molar-refractivity contribution in [3.8, 4) is 17.0 Å². The summed E-state index contributed by atoms with van der Waals surface area (Å²) in [5.41, 5.74) is 3.11. The van der Waals surface area contributed by atoms with E-state index in [1.165, 1.54) is 12.5 Å². The number of hydrogen-bond acceptors (Lipinski definition) is 7. The molecule has 1 aliphatic heterocycles. The van der Waals surface area contributed by atoms with E-state index < -0.39 is 5.91 Å². The summed E-state index contributed by atoms with van der Waals surface area (Å²) in [4.78, 5) is 22.4. The van der Waals surface area contributed by atoms with Crippen LogP contribution in [0.4, 0.5) is 11.5 Å². The highest BCUT2D eigenvalue weighted by atomic mass is 16.5. The molecule has 26 heavy (non-hydrogen) atoms. The first-order valence-corrected chi connectivity index (χ1v) is 8.13. The number of ether oxygens (including phenoxy) is 1. The lowest BCUT2D eigenvalue weighted by Crippen LogP contribution is -2.17. The molecule has 1 amide bonds. The highest BCUT2D eigenvalue weighted by molar-refractivity contribution is 6.04. The number of rotatable bonds is 4. The van der Waals surface area contributed by atoms with E-state index >= 15 is 0 Å². The highest BCUT2D eigenvalue weighted by Crippen LogP contribution is 2.30. The van der Waals surface area contributed by atoms with Gasteiger partial charge in [0.2, 0.25) is 5.76 Å². The van der Waals surface area contributed by atoms with E-state index in [-0.39, 0.29) is 5.76 Å². The monoisotopic (exact) mass is 351 g/mol. The van der Waals surface area contributed by atoms with Crippen molar-refractivity contribution in [2.75, 3.05) is 30.9 Å². The average molecular weight is 351 g/mol. The van der Waals surface area contributed by atoms with Crippen LogP contribution in [0.25, 0.3) is 11.3 Å². The van der Waals surface area contributed by atoms with Gasteiger partial charge in [-0.15, -0.1) is 0 Å². The number of anilines is 2. The van der Waals surface area contributed by atoms with Gasteiger partial charge in [0, 0.05) is 32.1 Å². The van der Waals surface area contributed by atoms with E-state index in [2.05, 4.69) is 20.4 Å². The molecule has 0 fully saturated rings. The lowest BCUT2D eigenvalue weighted by molar-refractivity contribution is 0.0988. The first kappa shape index (κ1) is 16.1. The maximum Gasteiger partial charge on any atom is 0.294 e. The highest BCUT2D eigenvalue weighted by Gasteiger charge is 2.18. The molecule has 3 heterocycles. The largest absolute Gasteiger partial charge is 0.493 e. The summed E-state index contributed by atoms with van der Waals surface area (Å²) in [5.74, 6) is 1.21. The van der Waals surface area contributed by atoms with Gasteiger partial charge in [0.05, 0.1) is 12.8 Å². The molecule has 0 bridgehead atoms. The van der Waals surface area contributed by atoms with Crippen LogP contribution in [-0.4, -0.2) is 41.7 Å². The number of fused-ring (bicyclic) bond motifs is 1. The van der Waals surface area contributed by atoms with Crippen LogP contribution < -0.4 is 15.0 Å². The number of aromatic nitrogens is 3. The van der Waals surface area contributed by atoms with Crippen LogP contribution in [0, 0.1) is 0 Å². The average Bonchev–Trinajstić information content (AvgIpc) is 3.30. The van der Waals surface area contributed by atoms with Gasteiger partial charge in [-0.1, -0.05) is 5.16 Å². The van der Waals surface area contributed by atoms with Crippen LogP contribution in [0.2, 0.25) is 0 Å². The van der Waals surface area contributed by atoms with Gasteiger partial charge in [-0.25, -0.2) is 9.97 Å². The van der Waals surface area contributed by atoms with E-state index in [1.54, 1.807) is 11.0 Å². The number of benzene rings is 1. The molecule has 0 saturated heterocycles. The zero-order valence-electron chi connectivity index (χ0n) is 14.4. The molecule has 0 unspecified atom stereocenters. The van der Waals surface area contributed by atoms with E-state index in [0.717, 1.165) is 23.3 Å². The number of amides is 1. The summed E-state index contributed by atoms with van der Waals surface area (Å²) in [7, 11) is 3.67. The minimum absolute atomic E-state index is 0.116. The first-order chi connectivity index (χ1) is 12.6.